The van der Waals surface area contributed by atoms with Gasteiger partial charge in [-0.25, -0.2) is 0 Å². The fraction of sp³-hybridized carbons (Fsp3) is 0.364. The zero-order valence-electron chi connectivity index (χ0n) is 9.08. The number of rotatable bonds is 6. The van der Waals surface area contributed by atoms with E-state index in [-0.39, 0.29) is 19.1 Å². The molecule has 0 aliphatic carbocycles. The number of carbonyl (C=O) groups excluding carboxylic acids is 1. The van der Waals surface area contributed by atoms with Gasteiger partial charge in [0.15, 0.2) is 6.61 Å². The lowest BCUT2D eigenvalue weighted by atomic mass is 10.3. The number of halogens is 2. The van der Waals surface area contributed by atoms with Crippen LogP contribution in [0.25, 0.3) is 0 Å². The standard InChI is InChI=1S/C11H13Cl2NO3/c12-8-2-3-9(13)10(6-8)17-7-11(16)14-4-1-5-15/h2-3,6,15H,1,4-5,7H2,(H,14,16). The second-order valence-electron chi connectivity index (χ2n) is 3.29. The Bertz CT molecular complexity index is 385. The summed E-state index contributed by atoms with van der Waals surface area (Å²) in [6.07, 6.45) is 0.518. The lowest BCUT2D eigenvalue weighted by molar-refractivity contribution is -0.123. The summed E-state index contributed by atoms with van der Waals surface area (Å²) in [6.45, 7) is 0.328. The van der Waals surface area contributed by atoms with E-state index in [0.717, 1.165) is 0 Å². The van der Waals surface area contributed by atoms with Crippen LogP contribution in [-0.2, 0) is 4.79 Å². The second-order valence-corrected chi connectivity index (χ2v) is 4.13. The van der Waals surface area contributed by atoms with Crippen LogP contribution in [-0.4, -0.2) is 30.8 Å². The van der Waals surface area contributed by atoms with Gasteiger partial charge in [0.2, 0.25) is 0 Å². The molecule has 6 heteroatoms. The van der Waals surface area contributed by atoms with Crippen LogP contribution in [0.1, 0.15) is 6.42 Å². The van der Waals surface area contributed by atoms with Crippen LogP contribution >= 0.6 is 23.2 Å². The zero-order valence-corrected chi connectivity index (χ0v) is 10.6. The molecular weight excluding hydrogens is 265 g/mol. The summed E-state index contributed by atoms with van der Waals surface area (Å²) in [5.74, 6) is 0.103. The van der Waals surface area contributed by atoms with E-state index >= 15 is 0 Å². The first-order chi connectivity index (χ1) is 8.13. The number of nitrogens with one attached hydrogen (secondary N) is 1. The highest BCUT2D eigenvalue weighted by atomic mass is 35.5. The molecule has 0 atom stereocenters. The van der Waals surface area contributed by atoms with Gasteiger partial charge in [-0.05, 0) is 18.6 Å². The minimum Gasteiger partial charge on any atom is -0.482 e. The molecule has 0 saturated heterocycles. The topological polar surface area (TPSA) is 58.6 Å². The highest BCUT2D eigenvalue weighted by Crippen LogP contribution is 2.27. The Hall–Kier alpha value is -0.970. The van der Waals surface area contributed by atoms with E-state index in [9.17, 15) is 4.79 Å². The van der Waals surface area contributed by atoms with Crippen LogP contribution < -0.4 is 10.1 Å². The van der Waals surface area contributed by atoms with Crippen LogP contribution in [0.5, 0.6) is 5.75 Å². The molecule has 0 heterocycles. The Kier molecular flexibility index (Phi) is 6.11. The Morgan fingerprint density at radius 1 is 1.41 bits per heavy atom. The van der Waals surface area contributed by atoms with E-state index < -0.39 is 0 Å². The molecule has 4 nitrogen and oxygen atoms in total. The maximum absolute atomic E-state index is 11.3. The molecular formula is C11H13Cl2NO3. The van der Waals surface area contributed by atoms with E-state index in [1.165, 1.54) is 0 Å². The van der Waals surface area contributed by atoms with Crippen LogP contribution in [0.4, 0.5) is 0 Å². The number of aliphatic hydroxyl groups is 1. The molecule has 17 heavy (non-hydrogen) atoms. The average Bonchev–Trinajstić information content (AvgIpc) is 2.31. The van der Waals surface area contributed by atoms with Gasteiger partial charge in [0.1, 0.15) is 5.75 Å². The molecule has 1 amide bonds. The monoisotopic (exact) mass is 277 g/mol. The van der Waals surface area contributed by atoms with Crippen molar-refractivity contribution in [3.8, 4) is 5.75 Å². The number of hydrogen-bond acceptors (Lipinski definition) is 3. The molecule has 0 bridgehead atoms. The minimum atomic E-state index is -0.269. The third-order valence-electron chi connectivity index (χ3n) is 1.91. The normalized spacial score (nSPS) is 10.1. The highest BCUT2D eigenvalue weighted by molar-refractivity contribution is 6.34. The first-order valence-electron chi connectivity index (χ1n) is 5.09. The van der Waals surface area contributed by atoms with Gasteiger partial charge in [-0.15, -0.1) is 0 Å². The Balaban J connectivity index is 2.39. The fourth-order valence-corrected chi connectivity index (χ4v) is 1.42. The van der Waals surface area contributed by atoms with Gasteiger partial charge in [0.25, 0.3) is 5.91 Å². The quantitative estimate of drug-likeness (QED) is 0.781. The molecule has 0 fully saturated rings. The first kappa shape index (κ1) is 14.1. The highest BCUT2D eigenvalue weighted by Gasteiger charge is 2.06. The summed E-state index contributed by atoms with van der Waals surface area (Å²) in [6, 6.07) is 4.78. The second kappa shape index (κ2) is 7.37. The van der Waals surface area contributed by atoms with Gasteiger partial charge in [0.05, 0.1) is 5.02 Å². The van der Waals surface area contributed by atoms with Crippen molar-refractivity contribution < 1.29 is 14.6 Å². The number of aliphatic hydroxyl groups excluding tert-OH is 1. The molecule has 0 radical (unpaired) electrons. The van der Waals surface area contributed by atoms with Crippen molar-refractivity contribution in [2.45, 2.75) is 6.42 Å². The van der Waals surface area contributed by atoms with Crippen molar-refractivity contribution in [3.63, 3.8) is 0 Å². The zero-order chi connectivity index (χ0) is 12.7. The van der Waals surface area contributed by atoms with Gasteiger partial charge in [-0.2, -0.15) is 0 Å². The molecule has 0 unspecified atom stereocenters. The first-order valence-corrected chi connectivity index (χ1v) is 5.84. The van der Waals surface area contributed by atoms with E-state index in [0.29, 0.717) is 28.8 Å². The molecule has 0 aliphatic rings. The molecule has 94 valence electrons. The number of carbonyl (C=O) groups is 1. The van der Waals surface area contributed by atoms with Crippen LogP contribution in [0, 0.1) is 0 Å². The van der Waals surface area contributed by atoms with Crippen molar-refractivity contribution in [3.05, 3.63) is 28.2 Å². The maximum Gasteiger partial charge on any atom is 0.257 e. The predicted molar refractivity (Wildman–Crippen MR) is 66.7 cm³/mol. The summed E-state index contributed by atoms with van der Waals surface area (Å²) in [5.41, 5.74) is 0. The number of amides is 1. The third-order valence-corrected chi connectivity index (χ3v) is 2.46. The number of ether oxygens (including phenoxy) is 1. The summed E-state index contributed by atoms with van der Waals surface area (Å²) in [5, 5.41) is 12.0. The molecule has 0 saturated carbocycles. The van der Waals surface area contributed by atoms with Crippen molar-refractivity contribution in [2.75, 3.05) is 19.8 Å². The summed E-state index contributed by atoms with van der Waals surface area (Å²) >= 11 is 11.6. The summed E-state index contributed by atoms with van der Waals surface area (Å²) in [7, 11) is 0. The number of benzene rings is 1. The summed E-state index contributed by atoms with van der Waals surface area (Å²) < 4.78 is 5.22. The van der Waals surface area contributed by atoms with E-state index in [4.69, 9.17) is 33.0 Å². The maximum atomic E-state index is 11.3. The Morgan fingerprint density at radius 2 is 2.18 bits per heavy atom. The smallest absolute Gasteiger partial charge is 0.257 e. The van der Waals surface area contributed by atoms with Gasteiger partial charge < -0.3 is 15.2 Å². The minimum absolute atomic E-state index is 0.0429. The fourth-order valence-electron chi connectivity index (χ4n) is 1.09. The van der Waals surface area contributed by atoms with Gasteiger partial charge in [-0.3, -0.25) is 4.79 Å². The average molecular weight is 278 g/mol. The van der Waals surface area contributed by atoms with Crippen LogP contribution in [0.15, 0.2) is 18.2 Å². The van der Waals surface area contributed by atoms with Crippen molar-refractivity contribution in [2.24, 2.45) is 0 Å². The molecule has 2 N–H and O–H groups in total. The number of hydrogen-bond donors (Lipinski definition) is 2. The molecule has 1 aromatic carbocycles. The van der Waals surface area contributed by atoms with Gasteiger partial charge >= 0.3 is 0 Å². The molecule has 1 rings (SSSR count). The SMILES string of the molecule is O=C(COc1cc(Cl)ccc1Cl)NCCCO. The van der Waals surface area contributed by atoms with Crippen LogP contribution in [0.2, 0.25) is 10.0 Å². The van der Waals surface area contributed by atoms with Crippen LogP contribution in [0.3, 0.4) is 0 Å². The summed E-state index contributed by atoms with van der Waals surface area (Å²) in [4.78, 5) is 11.3. The van der Waals surface area contributed by atoms with E-state index in [2.05, 4.69) is 5.32 Å². The van der Waals surface area contributed by atoms with E-state index in [1.807, 2.05) is 0 Å². The molecule has 0 aromatic heterocycles. The predicted octanol–water partition coefficient (Wildman–Crippen LogP) is 1.87. The van der Waals surface area contributed by atoms with Crippen molar-refractivity contribution in [1.82, 2.24) is 5.32 Å². The Morgan fingerprint density at radius 3 is 2.88 bits per heavy atom. The largest absolute Gasteiger partial charge is 0.482 e. The van der Waals surface area contributed by atoms with Gasteiger partial charge in [0, 0.05) is 24.2 Å². The van der Waals surface area contributed by atoms with Crippen molar-refractivity contribution in [1.29, 1.82) is 0 Å². The lowest BCUT2D eigenvalue weighted by Gasteiger charge is -2.08. The van der Waals surface area contributed by atoms with Crippen molar-refractivity contribution >= 4 is 29.1 Å². The Labute approximate surface area is 109 Å². The molecule has 0 spiro atoms. The molecule has 1 aromatic rings. The molecule has 0 aliphatic heterocycles. The van der Waals surface area contributed by atoms with Gasteiger partial charge in [-0.1, -0.05) is 23.2 Å². The lowest BCUT2D eigenvalue weighted by Crippen LogP contribution is -2.30. The van der Waals surface area contributed by atoms with E-state index in [1.54, 1.807) is 18.2 Å². The third kappa shape index (κ3) is 5.26.